The zero-order valence-electron chi connectivity index (χ0n) is 18.2. The molecule has 0 spiro atoms. The second-order valence-electron chi connectivity index (χ2n) is 7.94. The van der Waals surface area contributed by atoms with Crippen LogP contribution in [0.15, 0.2) is 71.7 Å². The van der Waals surface area contributed by atoms with Gasteiger partial charge >= 0.3 is 21.7 Å². The van der Waals surface area contributed by atoms with E-state index >= 15 is 0 Å². The van der Waals surface area contributed by atoms with Gasteiger partial charge in [-0.3, -0.25) is 0 Å². The first-order valence-electron chi connectivity index (χ1n) is 9.82. The third-order valence-corrected chi connectivity index (χ3v) is 8.17. The van der Waals surface area contributed by atoms with Crippen molar-refractivity contribution in [2.45, 2.75) is 34.8 Å². The number of aryl methyl sites for hydroxylation is 1. The number of hydrogen-bond donors (Lipinski definition) is 0. The van der Waals surface area contributed by atoms with Crippen LogP contribution in [-0.2, 0) is 28.1 Å². The van der Waals surface area contributed by atoms with Gasteiger partial charge in [0, 0.05) is 22.0 Å². The summed E-state index contributed by atoms with van der Waals surface area (Å²) in [6, 6.07) is 16.0. The molecule has 2 heterocycles. The van der Waals surface area contributed by atoms with Gasteiger partial charge < -0.3 is 27.6 Å². The van der Waals surface area contributed by atoms with E-state index in [-0.39, 0.29) is 44.0 Å². The maximum absolute atomic E-state index is 4.99. The predicted octanol–water partition coefficient (Wildman–Crippen LogP) is 7.70. The van der Waals surface area contributed by atoms with Crippen LogP contribution in [0, 0.1) is 34.1 Å². The average Bonchev–Trinajstić information content (AvgIpc) is 3.22. The van der Waals surface area contributed by atoms with Crippen molar-refractivity contribution in [1.82, 2.24) is 0 Å². The third kappa shape index (κ3) is 3.66. The zero-order chi connectivity index (χ0) is 17.1. The maximum atomic E-state index is 4.99. The minimum atomic E-state index is 0. The molecule has 0 aromatic heterocycles. The number of allylic oxidation sites excluding steroid dienone is 4. The van der Waals surface area contributed by atoms with Crippen LogP contribution in [0.4, 0.5) is 5.69 Å². The first-order chi connectivity index (χ1) is 12.9. The van der Waals surface area contributed by atoms with Gasteiger partial charge in [-0.05, 0) is 29.9 Å². The van der Waals surface area contributed by atoms with E-state index in [1.165, 1.54) is 34.6 Å². The summed E-state index contributed by atoms with van der Waals surface area (Å²) in [7, 11) is 0. The molecule has 6 rings (SSSR count). The molecule has 30 heavy (non-hydrogen) atoms. The van der Waals surface area contributed by atoms with Gasteiger partial charge in [0.15, 0.2) is 0 Å². The number of thioether (sulfide) groups is 1. The molecule has 0 saturated heterocycles. The van der Waals surface area contributed by atoms with Gasteiger partial charge in [0.25, 0.3) is 0 Å². The molecule has 2 aromatic rings. The number of rotatable bonds is 1. The second kappa shape index (κ2) is 9.94. The van der Waals surface area contributed by atoms with E-state index in [1.807, 2.05) is 0 Å². The molecule has 4 aliphatic rings. The number of fused-ring (bicyclic) bond motifs is 6. The van der Waals surface area contributed by atoms with E-state index in [2.05, 4.69) is 78.5 Å². The Hall–Kier alpha value is -1.22. The summed E-state index contributed by atoms with van der Waals surface area (Å²) in [5, 5.41) is 5.61. The van der Waals surface area contributed by atoms with Crippen molar-refractivity contribution in [2.24, 2.45) is 11.8 Å². The molecule has 2 aliphatic carbocycles. The molecule has 0 amide bonds. The summed E-state index contributed by atoms with van der Waals surface area (Å²) in [6.45, 7) is 0.988. The monoisotopic (exact) mass is 449 g/mol. The van der Waals surface area contributed by atoms with Gasteiger partial charge in [0.2, 0.25) is 0 Å². The van der Waals surface area contributed by atoms with E-state index in [0.717, 1.165) is 6.54 Å². The fourth-order valence-corrected chi connectivity index (χ4v) is 7.42. The van der Waals surface area contributed by atoms with Crippen molar-refractivity contribution >= 4 is 17.4 Å². The zero-order valence-corrected chi connectivity index (χ0v) is 20.6. The first kappa shape index (κ1) is 25.0. The Morgan fingerprint density at radius 3 is 2.23 bits per heavy atom. The molecular weight excluding hydrogens is 418 g/mol. The van der Waals surface area contributed by atoms with E-state index < -0.39 is 0 Å². The summed E-state index contributed by atoms with van der Waals surface area (Å²) in [5.41, 5.74) is 5.86. The van der Waals surface area contributed by atoms with Gasteiger partial charge in [-0.15, -0.1) is 24.0 Å². The summed E-state index contributed by atoms with van der Waals surface area (Å²) in [6.07, 6.45) is 11.8. The van der Waals surface area contributed by atoms with Crippen molar-refractivity contribution in [2.75, 3.05) is 6.54 Å². The number of hydrogen-bond acceptors (Lipinski definition) is 1. The van der Waals surface area contributed by atoms with Crippen molar-refractivity contribution in [1.29, 1.82) is 0 Å². The molecule has 0 N–H and O–H groups in total. The summed E-state index contributed by atoms with van der Waals surface area (Å²) in [4.78, 5) is 1.50. The largest absolute Gasteiger partial charge is 4.00 e. The van der Waals surface area contributed by atoms with Crippen LogP contribution in [-0.4, -0.2) is 11.8 Å². The molecule has 1 nitrogen and oxygen atoms in total. The minimum absolute atomic E-state index is 0. The Balaban J connectivity index is 0.000000801. The SMILES string of the molecule is C1=CC2C(C=C1)C(c1cccc3c1[N-]CCC3)C1Sc3ccccc3C21.[CH3-].[CH3-].[CH3-].[Ti+4]. The van der Waals surface area contributed by atoms with Gasteiger partial charge in [0.05, 0.1) is 0 Å². The predicted molar refractivity (Wildman–Crippen MR) is 129 cm³/mol. The van der Waals surface area contributed by atoms with Crippen LogP contribution >= 0.6 is 11.8 Å². The van der Waals surface area contributed by atoms with Gasteiger partial charge in [-0.25, -0.2) is 0 Å². The Labute approximate surface area is 202 Å². The summed E-state index contributed by atoms with van der Waals surface area (Å²) >= 11 is 2.12. The van der Waals surface area contributed by atoms with Crippen molar-refractivity contribution < 1.29 is 21.7 Å². The van der Waals surface area contributed by atoms with Crippen LogP contribution in [0.3, 0.4) is 0 Å². The van der Waals surface area contributed by atoms with E-state index in [1.54, 1.807) is 5.56 Å². The molecule has 154 valence electrons. The average molecular weight is 449 g/mol. The van der Waals surface area contributed by atoms with Gasteiger partial charge in [0.1, 0.15) is 0 Å². The van der Waals surface area contributed by atoms with Gasteiger partial charge in [-0.1, -0.05) is 78.3 Å². The fourth-order valence-electron chi connectivity index (χ4n) is 5.68. The standard InChI is InChI=1S/C24H22NS.3CH3.Ti/c1-2-10-17-16(9-1)21-18-11-3-4-13-20(18)26-24(21)22(17)19-12-5-7-15-8-6-14-25-23(15)19;;;;/h1-5,7,9-13,16-17,21-22,24H,6,8,14H2;3*1H3;/q4*-1;+4. The smallest absolute Gasteiger partial charge is 0.684 e. The molecule has 0 bridgehead atoms. The van der Waals surface area contributed by atoms with E-state index in [0.29, 0.717) is 28.9 Å². The van der Waals surface area contributed by atoms with Crippen molar-refractivity contribution in [3.05, 3.63) is 111 Å². The summed E-state index contributed by atoms with van der Waals surface area (Å²) < 4.78 is 0. The van der Waals surface area contributed by atoms with E-state index in [4.69, 9.17) is 5.32 Å². The molecule has 1 saturated carbocycles. The molecule has 0 radical (unpaired) electrons. The van der Waals surface area contributed by atoms with Crippen LogP contribution in [0.25, 0.3) is 5.32 Å². The Morgan fingerprint density at radius 2 is 1.47 bits per heavy atom. The van der Waals surface area contributed by atoms with Crippen LogP contribution in [0.1, 0.15) is 34.9 Å². The van der Waals surface area contributed by atoms with E-state index in [9.17, 15) is 0 Å². The molecule has 1 fully saturated rings. The van der Waals surface area contributed by atoms with Crippen LogP contribution < -0.4 is 0 Å². The molecule has 5 atom stereocenters. The fraction of sp³-hybridized carbons (Fsp3) is 0.296. The normalized spacial score (nSPS) is 28.7. The van der Waals surface area contributed by atoms with Crippen molar-refractivity contribution in [3.63, 3.8) is 0 Å². The van der Waals surface area contributed by atoms with Crippen LogP contribution in [0.2, 0.25) is 0 Å². The van der Waals surface area contributed by atoms with Crippen LogP contribution in [0.5, 0.6) is 0 Å². The molecule has 2 aromatic carbocycles. The van der Waals surface area contributed by atoms with Crippen molar-refractivity contribution in [3.8, 4) is 0 Å². The Morgan fingerprint density at radius 1 is 0.800 bits per heavy atom. The Kier molecular flexibility index (Phi) is 8.30. The summed E-state index contributed by atoms with van der Waals surface area (Å²) in [5.74, 6) is 2.40. The number of nitrogens with zero attached hydrogens (tertiary/aromatic N) is 1. The topological polar surface area (TPSA) is 14.1 Å². The van der Waals surface area contributed by atoms with Gasteiger partial charge in [-0.2, -0.15) is 0 Å². The first-order valence-corrected chi connectivity index (χ1v) is 10.7. The minimum Gasteiger partial charge on any atom is -0.684 e. The molecule has 3 heteroatoms. The molecular formula is C27H31NSTi. The third-order valence-electron chi connectivity index (χ3n) is 6.68. The molecule has 2 aliphatic heterocycles. The number of para-hydroxylation sites is 1. The Bertz CT molecular complexity index is 934. The molecule has 5 unspecified atom stereocenters. The second-order valence-corrected chi connectivity index (χ2v) is 9.16. The maximum Gasteiger partial charge on any atom is 4.00 e. The number of benzene rings is 2. The quantitative estimate of drug-likeness (QED) is 0.321.